The molecule has 0 aliphatic carbocycles. The number of morpholine rings is 2. The van der Waals surface area contributed by atoms with Crippen molar-refractivity contribution < 1.29 is 18.6 Å². The van der Waals surface area contributed by atoms with Gasteiger partial charge in [-0.25, -0.2) is 9.37 Å². The van der Waals surface area contributed by atoms with Crippen molar-refractivity contribution in [3.8, 4) is 17.0 Å². The molecular formula is C27H32FN5O4. The zero-order valence-corrected chi connectivity index (χ0v) is 21.0. The fourth-order valence-corrected chi connectivity index (χ4v) is 4.65. The van der Waals surface area contributed by atoms with Gasteiger partial charge in [0, 0.05) is 51.1 Å². The van der Waals surface area contributed by atoms with E-state index in [0.29, 0.717) is 32.3 Å². The number of hydrogen-bond acceptors (Lipinski definition) is 8. The van der Waals surface area contributed by atoms with Gasteiger partial charge in [-0.2, -0.15) is 0 Å². The first kappa shape index (κ1) is 25.3. The molecule has 3 aromatic rings. The summed E-state index contributed by atoms with van der Waals surface area (Å²) in [6.07, 6.45) is 3.38. The van der Waals surface area contributed by atoms with Crippen LogP contribution in [0.5, 0.6) is 5.75 Å². The Bertz CT molecular complexity index is 1250. The van der Waals surface area contributed by atoms with Gasteiger partial charge in [-0.1, -0.05) is 12.1 Å². The second-order valence-corrected chi connectivity index (χ2v) is 9.22. The van der Waals surface area contributed by atoms with Crippen LogP contribution in [0.1, 0.15) is 18.1 Å². The minimum absolute atomic E-state index is 0.192. The van der Waals surface area contributed by atoms with Crippen molar-refractivity contribution in [2.24, 2.45) is 7.05 Å². The highest BCUT2D eigenvalue weighted by molar-refractivity contribution is 5.60. The molecule has 0 spiro atoms. The van der Waals surface area contributed by atoms with Gasteiger partial charge in [0.2, 0.25) is 5.95 Å². The van der Waals surface area contributed by atoms with Gasteiger partial charge in [0.1, 0.15) is 11.9 Å². The number of rotatable bonds is 8. The second kappa shape index (κ2) is 11.8. The first-order valence-electron chi connectivity index (χ1n) is 12.7. The molecule has 0 amide bonds. The molecule has 0 saturated carbocycles. The molecule has 0 radical (unpaired) electrons. The van der Waals surface area contributed by atoms with Gasteiger partial charge in [0.25, 0.3) is 5.56 Å². The largest absolute Gasteiger partial charge is 0.494 e. The third-order valence-electron chi connectivity index (χ3n) is 6.75. The van der Waals surface area contributed by atoms with Crippen LogP contribution in [0.15, 0.2) is 53.6 Å². The summed E-state index contributed by atoms with van der Waals surface area (Å²) in [5, 5.41) is 0. The number of aromatic nitrogens is 3. The van der Waals surface area contributed by atoms with Crippen molar-refractivity contribution in [2.45, 2.75) is 12.5 Å². The number of hydrogen-bond donors (Lipinski definition) is 0. The first-order valence-corrected chi connectivity index (χ1v) is 12.7. The molecule has 2 fully saturated rings. The maximum atomic E-state index is 14.3. The van der Waals surface area contributed by atoms with Gasteiger partial charge < -0.3 is 19.1 Å². The molecular weight excluding hydrogens is 477 g/mol. The Hall–Kier alpha value is -3.34. The Kier molecular flexibility index (Phi) is 8.08. The van der Waals surface area contributed by atoms with E-state index in [1.54, 1.807) is 7.05 Å². The lowest BCUT2D eigenvalue weighted by atomic mass is 10.1. The summed E-state index contributed by atoms with van der Waals surface area (Å²) in [5.41, 5.74) is 1.30. The van der Waals surface area contributed by atoms with Gasteiger partial charge in [0.05, 0.1) is 44.9 Å². The van der Waals surface area contributed by atoms with E-state index >= 15 is 0 Å². The number of halogens is 1. The van der Waals surface area contributed by atoms with Crippen LogP contribution in [-0.4, -0.2) is 78.6 Å². The summed E-state index contributed by atoms with van der Waals surface area (Å²) in [6, 6.07) is 10.8. The molecule has 2 aliphatic rings. The third kappa shape index (κ3) is 6.15. The fraction of sp³-hybridized carbons (Fsp3) is 0.444. The van der Waals surface area contributed by atoms with Crippen LogP contribution in [0.25, 0.3) is 11.3 Å². The maximum Gasteiger partial charge on any atom is 0.255 e. The molecule has 196 valence electrons. The molecule has 0 N–H and O–H groups in total. The van der Waals surface area contributed by atoms with E-state index in [4.69, 9.17) is 14.2 Å². The fourth-order valence-electron chi connectivity index (χ4n) is 4.65. The molecule has 9 nitrogen and oxygen atoms in total. The van der Waals surface area contributed by atoms with Crippen molar-refractivity contribution >= 4 is 5.95 Å². The standard InChI is InChI=1S/C27H32FN5O4/c1-31-26(34)17-24(22-7-8-29-18-23(22)28)30-27(31)33-12-16-37-25(19-33)20-3-5-21(6-4-20)36-13-2-9-32-10-14-35-15-11-32/h3-8,17-18,25H,2,9-16,19H2,1H3/t25-/m1/s1. The molecule has 4 heterocycles. The highest BCUT2D eigenvalue weighted by Crippen LogP contribution is 2.28. The Morgan fingerprint density at radius 1 is 1.11 bits per heavy atom. The lowest BCUT2D eigenvalue weighted by Gasteiger charge is -2.34. The quantitative estimate of drug-likeness (QED) is 0.429. The molecule has 37 heavy (non-hydrogen) atoms. The topological polar surface area (TPSA) is 81.9 Å². The molecule has 5 rings (SSSR count). The van der Waals surface area contributed by atoms with Crippen molar-refractivity contribution in [2.75, 3.05) is 64.1 Å². The molecule has 1 atom stereocenters. The Morgan fingerprint density at radius 3 is 2.70 bits per heavy atom. The van der Waals surface area contributed by atoms with E-state index in [9.17, 15) is 9.18 Å². The highest BCUT2D eigenvalue weighted by atomic mass is 19.1. The molecule has 10 heteroatoms. The summed E-state index contributed by atoms with van der Waals surface area (Å²) in [7, 11) is 1.67. The predicted molar refractivity (Wildman–Crippen MR) is 137 cm³/mol. The van der Waals surface area contributed by atoms with Crippen LogP contribution in [0.2, 0.25) is 0 Å². The lowest BCUT2D eigenvalue weighted by molar-refractivity contribution is 0.0357. The molecule has 2 saturated heterocycles. The van der Waals surface area contributed by atoms with Crippen LogP contribution in [-0.2, 0) is 16.5 Å². The Balaban J connectivity index is 1.22. The van der Waals surface area contributed by atoms with Crippen molar-refractivity contribution in [3.05, 3.63) is 70.5 Å². The molecule has 0 unspecified atom stereocenters. The van der Waals surface area contributed by atoms with E-state index in [2.05, 4.69) is 14.9 Å². The van der Waals surface area contributed by atoms with E-state index in [0.717, 1.165) is 56.8 Å². The van der Waals surface area contributed by atoms with Crippen molar-refractivity contribution in [3.63, 3.8) is 0 Å². The van der Waals surface area contributed by atoms with Gasteiger partial charge in [-0.3, -0.25) is 19.2 Å². The van der Waals surface area contributed by atoms with Crippen LogP contribution in [0.4, 0.5) is 10.3 Å². The van der Waals surface area contributed by atoms with Crippen LogP contribution < -0.4 is 15.2 Å². The van der Waals surface area contributed by atoms with Gasteiger partial charge in [-0.05, 0) is 30.2 Å². The van der Waals surface area contributed by atoms with Gasteiger partial charge in [0.15, 0.2) is 5.82 Å². The average Bonchev–Trinajstić information content (AvgIpc) is 2.94. The summed E-state index contributed by atoms with van der Waals surface area (Å²) in [5.74, 6) is 0.791. The smallest absolute Gasteiger partial charge is 0.255 e. The van der Waals surface area contributed by atoms with E-state index in [1.165, 1.54) is 22.9 Å². The average molecular weight is 510 g/mol. The third-order valence-corrected chi connectivity index (χ3v) is 6.75. The molecule has 1 aromatic carbocycles. The van der Waals surface area contributed by atoms with Gasteiger partial charge in [-0.15, -0.1) is 0 Å². The van der Waals surface area contributed by atoms with Crippen LogP contribution in [0, 0.1) is 5.82 Å². The summed E-state index contributed by atoms with van der Waals surface area (Å²) in [4.78, 5) is 25.5. The number of pyridine rings is 1. The molecule has 0 bridgehead atoms. The SMILES string of the molecule is Cn1c(N2CCO[C@@H](c3ccc(OCCCN4CCOCC4)cc3)C2)nc(-c2ccncc2F)cc1=O. The van der Waals surface area contributed by atoms with Crippen molar-refractivity contribution in [1.29, 1.82) is 0 Å². The normalized spacial score (nSPS) is 18.6. The minimum Gasteiger partial charge on any atom is -0.494 e. The second-order valence-electron chi connectivity index (χ2n) is 9.22. The van der Waals surface area contributed by atoms with E-state index < -0.39 is 5.82 Å². The number of benzene rings is 1. The van der Waals surface area contributed by atoms with Crippen LogP contribution in [0.3, 0.4) is 0 Å². The number of anilines is 1. The Morgan fingerprint density at radius 2 is 1.92 bits per heavy atom. The summed E-state index contributed by atoms with van der Waals surface area (Å²) >= 11 is 0. The predicted octanol–water partition coefficient (Wildman–Crippen LogP) is 2.66. The lowest BCUT2D eigenvalue weighted by Crippen LogP contribution is -2.41. The zero-order chi connectivity index (χ0) is 25.6. The summed E-state index contributed by atoms with van der Waals surface area (Å²) in [6.45, 7) is 6.84. The monoisotopic (exact) mass is 509 g/mol. The highest BCUT2D eigenvalue weighted by Gasteiger charge is 2.25. The molecule has 2 aliphatic heterocycles. The zero-order valence-electron chi connectivity index (χ0n) is 21.0. The molecule has 2 aromatic heterocycles. The van der Waals surface area contributed by atoms with Crippen LogP contribution >= 0.6 is 0 Å². The van der Waals surface area contributed by atoms with E-state index in [-0.39, 0.29) is 22.9 Å². The number of ether oxygens (including phenoxy) is 3. The van der Waals surface area contributed by atoms with Crippen molar-refractivity contribution in [1.82, 2.24) is 19.4 Å². The Labute approximate surface area is 215 Å². The summed E-state index contributed by atoms with van der Waals surface area (Å²) < 4.78 is 33.2. The number of nitrogens with zero attached hydrogens (tertiary/aromatic N) is 5. The minimum atomic E-state index is -0.516. The maximum absolute atomic E-state index is 14.3. The van der Waals surface area contributed by atoms with Gasteiger partial charge >= 0.3 is 0 Å². The first-order chi connectivity index (χ1) is 18.1. The van der Waals surface area contributed by atoms with E-state index in [1.807, 2.05) is 29.2 Å².